The molecule has 1 aliphatic heterocycles. The van der Waals surface area contributed by atoms with Gasteiger partial charge in [-0.3, -0.25) is 4.79 Å². The van der Waals surface area contributed by atoms with E-state index in [0.29, 0.717) is 5.56 Å². The predicted molar refractivity (Wildman–Crippen MR) is 80.6 cm³/mol. The van der Waals surface area contributed by atoms with Crippen molar-refractivity contribution in [2.24, 2.45) is 11.7 Å². The number of nitrogens with two attached hydrogens (primary N) is 1. The van der Waals surface area contributed by atoms with Crippen molar-refractivity contribution < 1.29 is 18.0 Å². The van der Waals surface area contributed by atoms with Crippen LogP contribution in [-0.4, -0.2) is 30.1 Å². The maximum absolute atomic E-state index is 12.6. The highest BCUT2D eigenvalue weighted by molar-refractivity contribution is 5.87. The van der Waals surface area contributed by atoms with E-state index in [2.05, 4.69) is 0 Å². The van der Waals surface area contributed by atoms with Crippen LogP contribution in [0, 0.1) is 5.92 Å². The number of alkyl halides is 3. The van der Waals surface area contributed by atoms with E-state index in [4.69, 9.17) is 5.73 Å². The molecule has 124 valence electrons. The highest BCUT2D eigenvalue weighted by Crippen LogP contribution is 2.35. The van der Waals surface area contributed by atoms with Crippen LogP contribution in [0.15, 0.2) is 30.3 Å². The second-order valence-corrected chi connectivity index (χ2v) is 5.68. The molecule has 3 nitrogen and oxygen atoms in total. The van der Waals surface area contributed by atoms with Crippen LogP contribution in [-0.2, 0) is 10.3 Å². The van der Waals surface area contributed by atoms with Crippen molar-refractivity contribution in [1.29, 1.82) is 0 Å². The lowest BCUT2D eigenvalue weighted by molar-refractivity contribution is -0.187. The number of benzene rings is 1. The zero-order valence-electron chi connectivity index (χ0n) is 12.3. The molecule has 1 aromatic carbocycles. The zero-order chi connectivity index (χ0) is 15.7. The lowest BCUT2D eigenvalue weighted by Gasteiger charge is -2.37. The molecule has 2 N–H and O–H groups in total. The van der Waals surface area contributed by atoms with Gasteiger partial charge in [0, 0.05) is 13.1 Å². The Hall–Kier alpha value is -1.27. The highest BCUT2D eigenvalue weighted by Gasteiger charge is 2.43. The fourth-order valence-corrected chi connectivity index (χ4v) is 2.65. The summed E-state index contributed by atoms with van der Waals surface area (Å²) in [5.41, 5.74) is 5.56. The fraction of sp³-hybridized carbons (Fsp3) is 0.533. The van der Waals surface area contributed by atoms with E-state index in [1.165, 1.54) is 4.90 Å². The van der Waals surface area contributed by atoms with E-state index in [9.17, 15) is 18.0 Å². The van der Waals surface area contributed by atoms with Crippen molar-refractivity contribution in [3.8, 4) is 0 Å². The largest absolute Gasteiger partial charge is 0.391 e. The summed E-state index contributed by atoms with van der Waals surface area (Å²) in [6.45, 7) is 1.80. The molecule has 22 heavy (non-hydrogen) atoms. The van der Waals surface area contributed by atoms with Gasteiger partial charge in [-0.15, -0.1) is 12.4 Å². The number of carbonyl (C=O) groups is 1. The summed E-state index contributed by atoms with van der Waals surface area (Å²) in [6, 6.07) is 8.88. The van der Waals surface area contributed by atoms with Crippen molar-refractivity contribution >= 4 is 18.3 Å². The Morgan fingerprint density at radius 2 is 1.68 bits per heavy atom. The average Bonchev–Trinajstić information content (AvgIpc) is 2.46. The predicted octanol–water partition coefficient (Wildman–Crippen LogP) is 3.08. The Morgan fingerprint density at radius 3 is 2.14 bits per heavy atom. The smallest absolute Gasteiger partial charge is 0.341 e. The van der Waals surface area contributed by atoms with Crippen molar-refractivity contribution in [2.75, 3.05) is 13.1 Å². The summed E-state index contributed by atoms with van der Waals surface area (Å²) in [6.07, 6.45) is -4.29. The summed E-state index contributed by atoms with van der Waals surface area (Å²) < 4.78 is 37.9. The third kappa shape index (κ3) is 3.93. The van der Waals surface area contributed by atoms with Crippen LogP contribution in [0.3, 0.4) is 0 Å². The third-order valence-corrected chi connectivity index (χ3v) is 4.06. The average molecular weight is 337 g/mol. The Balaban J connectivity index is 0.00000242. The first-order valence-electron chi connectivity index (χ1n) is 6.93. The molecule has 1 heterocycles. The zero-order valence-corrected chi connectivity index (χ0v) is 13.1. The number of piperidine rings is 1. The van der Waals surface area contributed by atoms with Gasteiger partial charge in [0.15, 0.2) is 0 Å². The molecular weight excluding hydrogens is 317 g/mol. The van der Waals surface area contributed by atoms with E-state index in [0.717, 1.165) is 0 Å². The molecule has 0 radical (unpaired) electrons. The first-order valence-corrected chi connectivity index (χ1v) is 6.93. The quantitative estimate of drug-likeness (QED) is 0.902. The van der Waals surface area contributed by atoms with Crippen LogP contribution in [0.25, 0.3) is 0 Å². The Labute approximate surface area is 134 Å². The van der Waals surface area contributed by atoms with Crippen LogP contribution in [0.1, 0.15) is 25.3 Å². The molecule has 1 atom stereocenters. The molecule has 0 spiro atoms. The van der Waals surface area contributed by atoms with Gasteiger partial charge in [-0.2, -0.15) is 13.2 Å². The van der Waals surface area contributed by atoms with Gasteiger partial charge in [0.25, 0.3) is 0 Å². The molecule has 1 fully saturated rings. The van der Waals surface area contributed by atoms with E-state index >= 15 is 0 Å². The molecule has 0 saturated carbocycles. The lowest BCUT2D eigenvalue weighted by Crippen LogP contribution is -2.53. The van der Waals surface area contributed by atoms with E-state index in [-0.39, 0.29) is 44.2 Å². The molecule has 1 unspecified atom stereocenters. The standard InChI is InChI=1S/C15H19F3N2O.ClH/c1-14(19,11-5-3-2-4-6-11)13(21)20-9-7-12(8-10-20)15(16,17)18;/h2-6,12H,7-10,19H2,1H3;1H. The van der Waals surface area contributed by atoms with Gasteiger partial charge < -0.3 is 10.6 Å². The summed E-state index contributed by atoms with van der Waals surface area (Å²) in [5, 5.41) is 0. The van der Waals surface area contributed by atoms with Gasteiger partial charge in [0.2, 0.25) is 5.91 Å². The molecule has 0 aliphatic carbocycles. The summed E-state index contributed by atoms with van der Waals surface area (Å²) >= 11 is 0. The van der Waals surface area contributed by atoms with Crippen LogP contribution in [0.4, 0.5) is 13.2 Å². The molecule has 1 amide bonds. The van der Waals surface area contributed by atoms with Gasteiger partial charge in [-0.05, 0) is 25.3 Å². The third-order valence-electron chi connectivity index (χ3n) is 4.06. The van der Waals surface area contributed by atoms with Crippen LogP contribution in [0.2, 0.25) is 0 Å². The molecular formula is C15H20ClF3N2O. The van der Waals surface area contributed by atoms with Gasteiger partial charge in [-0.25, -0.2) is 0 Å². The molecule has 1 saturated heterocycles. The second-order valence-electron chi connectivity index (χ2n) is 5.68. The minimum atomic E-state index is -4.18. The normalized spacial score (nSPS) is 19.2. The summed E-state index contributed by atoms with van der Waals surface area (Å²) in [7, 11) is 0. The van der Waals surface area contributed by atoms with Crippen molar-refractivity contribution in [2.45, 2.75) is 31.5 Å². The van der Waals surface area contributed by atoms with Gasteiger partial charge in [0.05, 0.1) is 5.92 Å². The number of halogens is 4. The van der Waals surface area contributed by atoms with Crippen molar-refractivity contribution in [1.82, 2.24) is 4.90 Å². The molecule has 0 aromatic heterocycles. The number of carbonyl (C=O) groups excluding carboxylic acids is 1. The Morgan fingerprint density at radius 1 is 1.18 bits per heavy atom. The number of hydrogen-bond acceptors (Lipinski definition) is 2. The lowest BCUT2D eigenvalue weighted by atomic mass is 9.89. The van der Waals surface area contributed by atoms with Crippen LogP contribution < -0.4 is 5.73 Å². The number of nitrogens with zero attached hydrogens (tertiary/aromatic N) is 1. The van der Waals surface area contributed by atoms with Crippen LogP contribution >= 0.6 is 12.4 Å². The monoisotopic (exact) mass is 336 g/mol. The van der Waals surface area contributed by atoms with E-state index in [1.54, 1.807) is 31.2 Å². The number of likely N-dealkylation sites (tertiary alicyclic amines) is 1. The first-order chi connectivity index (χ1) is 9.73. The molecule has 1 aromatic rings. The maximum Gasteiger partial charge on any atom is 0.391 e. The Bertz CT molecular complexity index is 497. The molecule has 2 rings (SSSR count). The van der Waals surface area contributed by atoms with E-state index < -0.39 is 17.6 Å². The number of amides is 1. The SMILES string of the molecule is CC(N)(C(=O)N1CCC(C(F)(F)F)CC1)c1ccccc1.Cl. The summed E-state index contributed by atoms with van der Waals surface area (Å²) in [5.74, 6) is -1.64. The van der Waals surface area contributed by atoms with E-state index in [1.807, 2.05) is 6.07 Å². The van der Waals surface area contributed by atoms with Gasteiger partial charge >= 0.3 is 6.18 Å². The second kappa shape index (κ2) is 6.87. The summed E-state index contributed by atoms with van der Waals surface area (Å²) in [4.78, 5) is 13.9. The molecule has 7 heteroatoms. The highest BCUT2D eigenvalue weighted by atomic mass is 35.5. The van der Waals surface area contributed by atoms with Crippen molar-refractivity contribution in [3.05, 3.63) is 35.9 Å². The fourth-order valence-electron chi connectivity index (χ4n) is 2.65. The minimum absolute atomic E-state index is 0. The van der Waals surface area contributed by atoms with Crippen LogP contribution in [0.5, 0.6) is 0 Å². The van der Waals surface area contributed by atoms with Gasteiger partial charge in [-0.1, -0.05) is 30.3 Å². The minimum Gasteiger partial charge on any atom is -0.341 e. The maximum atomic E-state index is 12.6. The molecule has 0 bridgehead atoms. The number of rotatable bonds is 2. The van der Waals surface area contributed by atoms with Crippen molar-refractivity contribution in [3.63, 3.8) is 0 Å². The first kappa shape index (κ1) is 18.8. The van der Waals surface area contributed by atoms with Gasteiger partial charge in [0.1, 0.15) is 5.54 Å². The number of hydrogen-bond donors (Lipinski definition) is 1. The topological polar surface area (TPSA) is 46.3 Å². The molecule has 1 aliphatic rings. The Kier molecular flexibility index (Phi) is 5.87.